The molecule has 0 saturated heterocycles. The van der Waals surface area contributed by atoms with E-state index >= 15 is 0 Å². The molecule has 3 aromatic carbocycles. The zero-order chi connectivity index (χ0) is 23.5. The van der Waals surface area contributed by atoms with Crippen molar-refractivity contribution in [3.63, 3.8) is 0 Å². The summed E-state index contributed by atoms with van der Waals surface area (Å²) < 4.78 is 0. The van der Waals surface area contributed by atoms with Gasteiger partial charge in [0.05, 0.1) is 0 Å². The summed E-state index contributed by atoms with van der Waals surface area (Å²) in [5.41, 5.74) is 4.47. The van der Waals surface area contributed by atoms with Gasteiger partial charge in [-0.1, -0.05) is 72.8 Å². The summed E-state index contributed by atoms with van der Waals surface area (Å²) in [5.74, 6) is 1.14. The van der Waals surface area contributed by atoms with E-state index in [9.17, 15) is 4.79 Å². The SMILES string of the molecule is CN=C(NCCc1cccc(C(=O)N(C)C)c1)NCC(Cc1ccccc1)c1ccccc1.I. The van der Waals surface area contributed by atoms with Crippen LogP contribution >= 0.6 is 24.0 Å². The Morgan fingerprint density at radius 2 is 1.53 bits per heavy atom. The highest BCUT2D eigenvalue weighted by molar-refractivity contribution is 14.0. The fourth-order valence-corrected chi connectivity index (χ4v) is 3.82. The molecule has 0 spiro atoms. The molecule has 0 aliphatic heterocycles. The fraction of sp³-hybridized carbons (Fsp3) is 0.286. The summed E-state index contributed by atoms with van der Waals surface area (Å²) in [6, 6.07) is 29.0. The number of amides is 1. The van der Waals surface area contributed by atoms with Crippen molar-refractivity contribution in [2.24, 2.45) is 4.99 Å². The summed E-state index contributed by atoms with van der Waals surface area (Å²) in [6.45, 7) is 1.51. The van der Waals surface area contributed by atoms with Gasteiger partial charge in [-0.25, -0.2) is 0 Å². The standard InChI is InChI=1S/C28H34N4O.HI/c1-29-28(30-18-17-23-13-10-16-25(19-23)27(33)32(2)3)31-21-26(24-14-8-5-9-15-24)20-22-11-6-4-7-12-22;/h4-16,19,26H,17-18,20-21H2,1-3H3,(H2,29,30,31);1H. The Bertz CT molecular complexity index is 1040. The second kappa shape index (κ2) is 14.4. The van der Waals surface area contributed by atoms with Crippen LogP contribution in [0.4, 0.5) is 0 Å². The lowest BCUT2D eigenvalue weighted by atomic mass is 9.92. The van der Waals surface area contributed by atoms with Crippen molar-refractivity contribution in [3.05, 3.63) is 107 Å². The van der Waals surface area contributed by atoms with Gasteiger partial charge in [-0.2, -0.15) is 0 Å². The highest BCUT2D eigenvalue weighted by atomic mass is 127. The maximum absolute atomic E-state index is 12.2. The molecule has 0 radical (unpaired) electrons. The van der Waals surface area contributed by atoms with Gasteiger partial charge in [0.2, 0.25) is 0 Å². The number of hydrogen-bond donors (Lipinski definition) is 2. The number of hydrogen-bond acceptors (Lipinski definition) is 2. The van der Waals surface area contributed by atoms with E-state index in [0.29, 0.717) is 11.5 Å². The maximum Gasteiger partial charge on any atom is 0.253 e. The van der Waals surface area contributed by atoms with Crippen LogP contribution in [0.3, 0.4) is 0 Å². The van der Waals surface area contributed by atoms with Crippen LogP contribution in [0, 0.1) is 0 Å². The molecule has 6 heteroatoms. The number of nitrogens with zero attached hydrogens (tertiary/aromatic N) is 2. The van der Waals surface area contributed by atoms with Crippen LogP contribution in [0.2, 0.25) is 0 Å². The minimum Gasteiger partial charge on any atom is -0.356 e. The second-order valence-corrected chi connectivity index (χ2v) is 8.33. The van der Waals surface area contributed by atoms with Gasteiger partial charge in [-0.15, -0.1) is 24.0 Å². The van der Waals surface area contributed by atoms with Crippen molar-refractivity contribution < 1.29 is 4.79 Å². The summed E-state index contributed by atoms with van der Waals surface area (Å²) >= 11 is 0. The van der Waals surface area contributed by atoms with Gasteiger partial charge in [0, 0.05) is 45.7 Å². The maximum atomic E-state index is 12.2. The highest BCUT2D eigenvalue weighted by Crippen LogP contribution is 2.20. The molecule has 180 valence electrons. The predicted molar refractivity (Wildman–Crippen MR) is 152 cm³/mol. The van der Waals surface area contributed by atoms with Gasteiger partial charge in [0.1, 0.15) is 0 Å². The summed E-state index contributed by atoms with van der Waals surface area (Å²) in [5, 5.41) is 6.90. The molecule has 3 aromatic rings. The number of rotatable bonds is 9. The predicted octanol–water partition coefficient (Wildman–Crippen LogP) is 4.74. The van der Waals surface area contributed by atoms with Gasteiger partial charge in [-0.3, -0.25) is 9.79 Å². The molecule has 1 atom stereocenters. The topological polar surface area (TPSA) is 56.7 Å². The van der Waals surface area contributed by atoms with Crippen LogP contribution in [-0.4, -0.2) is 51.0 Å². The minimum absolute atomic E-state index is 0. The van der Waals surface area contributed by atoms with Crippen LogP contribution in [0.1, 0.15) is 33.0 Å². The average molecular weight is 571 g/mol. The summed E-state index contributed by atoms with van der Waals surface area (Å²) in [6.07, 6.45) is 1.77. The van der Waals surface area contributed by atoms with Crippen LogP contribution in [-0.2, 0) is 12.8 Å². The Morgan fingerprint density at radius 3 is 2.18 bits per heavy atom. The average Bonchev–Trinajstić information content (AvgIpc) is 2.86. The molecular weight excluding hydrogens is 535 g/mol. The van der Waals surface area contributed by atoms with E-state index in [0.717, 1.165) is 37.5 Å². The molecule has 34 heavy (non-hydrogen) atoms. The van der Waals surface area contributed by atoms with Crippen LogP contribution in [0.25, 0.3) is 0 Å². The molecule has 1 amide bonds. The largest absolute Gasteiger partial charge is 0.356 e. The smallest absolute Gasteiger partial charge is 0.253 e. The Morgan fingerprint density at radius 1 is 0.882 bits per heavy atom. The molecular formula is C28H35IN4O. The van der Waals surface area contributed by atoms with E-state index in [1.54, 1.807) is 26.0 Å². The van der Waals surface area contributed by atoms with Crippen molar-refractivity contribution in [2.45, 2.75) is 18.8 Å². The number of nitrogens with one attached hydrogen (secondary N) is 2. The second-order valence-electron chi connectivity index (χ2n) is 8.33. The Kier molecular flexibility index (Phi) is 11.6. The quantitative estimate of drug-likeness (QED) is 0.222. The monoisotopic (exact) mass is 570 g/mol. The normalized spacial score (nSPS) is 11.8. The van der Waals surface area contributed by atoms with E-state index in [1.807, 2.05) is 18.2 Å². The Hall–Kier alpha value is -2.87. The molecule has 0 aliphatic carbocycles. The van der Waals surface area contributed by atoms with E-state index in [2.05, 4.69) is 82.4 Å². The first-order chi connectivity index (χ1) is 16.1. The molecule has 0 aliphatic rings. The van der Waals surface area contributed by atoms with Gasteiger partial charge < -0.3 is 15.5 Å². The molecule has 0 aromatic heterocycles. The first-order valence-corrected chi connectivity index (χ1v) is 11.4. The van der Waals surface area contributed by atoms with Gasteiger partial charge >= 0.3 is 0 Å². The number of carbonyl (C=O) groups excluding carboxylic acids is 1. The van der Waals surface area contributed by atoms with Crippen LogP contribution in [0.15, 0.2) is 89.9 Å². The Balaban J connectivity index is 0.00000408. The number of benzene rings is 3. The van der Waals surface area contributed by atoms with Crippen molar-refractivity contribution in [1.82, 2.24) is 15.5 Å². The lowest BCUT2D eigenvalue weighted by Gasteiger charge is -2.20. The first-order valence-electron chi connectivity index (χ1n) is 11.4. The van der Waals surface area contributed by atoms with Crippen LogP contribution in [0.5, 0.6) is 0 Å². The van der Waals surface area contributed by atoms with Crippen LogP contribution < -0.4 is 10.6 Å². The van der Waals surface area contributed by atoms with E-state index in [-0.39, 0.29) is 29.9 Å². The third-order valence-corrected chi connectivity index (χ3v) is 5.62. The molecule has 0 heterocycles. The van der Waals surface area contributed by atoms with Crippen molar-refractivity contribution in [3.8, 4) is 0 Å². The summed E-state index contributed by atoms with van der Waals surface area (Å²) in [4.78, 5) is 18.2. The van der Waals surface area contributed by atoms with Crippen molar-refractivity contribution in [1.29, 1.82) is 0 Å². The van der Waals surface area contributed by atoms with Crippen molar-refractivity contribution in [2.75, 3.05) is 34.2 Å². The minimum atomic E-state index is 0. The fourth-order valence-electron chi connectivity index (χ4n) is 3.82. The van der Waals surface area contributed by atoms with E-state index in [1.165, 1.54) is 11.1 Å². The van der Waals surface area contributed by atoms with Gasteiger partial charge in [0.25, 0.3) is 5.91 Å². The number of carbonyl (C=O) groups is 1. The van der Waals surface area contributed by atoms with Gasteiger partial charge in [0.15, 0.2) is 5.96 Å². The zero-order valence-corrected chi connectivity index (χ0v) is 22.5. The number of halogens is 1. The lowest BCUT2D eigenvalue weighted by molar-refractivity contribution is 0.0827. The Labute approximate surface area is 220 Å². The van der Waals surface area contributed by atoms with E-state index < -0.39 is 0 Å². The summed E-state index contributed by atoms with van der Waals surface area (Å²) in [7, 11) is 5.33. The van der Waals surface area contributed by atoms with Gasteiger partial charge in [-0.05, 0) is 41.7 Å². The highest BCUT2D eigenvalue weighted by Gasteiger charge is 2.13. The first kappa shape index (κ1) is 27.4. The molecule has 0 bridgehead atoms. The van der Waals surface area contributed by atoms with E-state index in [4.69, 9.17) is 0 Å². The number of guanidine groups is 1. The molecule has 0 saturated carbocycles. The molecule has 0 fully saturated rings. The molecule has 5 nitrogen and oxygen atoms in total. The number of aliphatic imine (C=N–C) groups is 1. The zero-order valence-electron chi connectivity index (χ0n) is 20.2. The third-order valence-electron chi connectivity index (χ3n) is 5.62. The molecule has 2 N–H and O–H groups in total. The molecule has 1 unspecified atom stereocenters. The third kappa shape index (κ3) is 8.48. The van der Waals surface area contributed by atoms with Crippen molar-refractivity contribution >= 4 is 35.8 Å². The lowest BCUT2D eigenvalue weighted by Crippen LogP contribution is -2.40. The molecule has 3 rings (SSSR count).